The Balaban J connectivity index is 1.60. The first-order valence-electron chi connectivity index (χ1n) is 10.3. The molecule has 9 heteroatoms. The molecule has 3 rings (SSSR count). The van der Waals surface area contributed by atoms with Crippen molar-refractivity contribution in [3.63, 3.8) is 0 Å². The Labute approximate surface area is 191 Å². The number of hydrogen-bond donors (Lipinski definition) is 1. The maximum absolute atomic E-state index is 12.7. The van der Waals surface area contributed by atoms with E-state index in [0.717, 1.165) is 10.5 Å². The van der Waals surface area contributed by atoms with E-state index in [9.17, 15) is 19.2 Å². The Bertz CT molecular complexity index is 1110. The Kier molecular flexibility index (Phi) is 7.01. The summed E-state index contributed by atoms with van der Waals surface area (Å²) in [5.41, 5.74) is 2.00. The highest BCUT2D eigenvalue weighted by Crippen LogP contribution is 2.29. The molecule has 0 saturated heterocycles. The predicted octanol–water partition coefficient (Wildman–Crippen LogP) is 2.42. The van der Waals surface area contributed by atoms with E-state index < -0.39 is 42.4 Å². The minimum atomic E-state index is -1.18. The Hall–Kier alpha value is -3.88. The molecule has 1 N–H and O–H groups in total. The number of esters is 1. The molecule has 174 valence electrons. The number of aryl methyl sites for hydroxylation is 1. The van der Waals surface area contributed by atoms with Gasteiger partial charge >= 0.3 is 5.97 Å². The highest BCUT2D eigenvalue weighted by molar-refractivity contribution is 6.22. The maximum atomic E-state index is 12.7. The van der Waals surface area contributed by atoms with E-state index in [0.29, 0.717) is 17.1 Å². The number of rotatable bonds is 8. The van der Waals surface area contributed by atoms with E-state index in [1.807, 2.05) is 0 Å². The van der Waals surface area contributed by atoms with Crippen LogP contribution in [0.2, 0.25) is 0 Å². The molecule has 0 aliphatic carbocycles. The third kappa shape index (κ3) is 4.82. The highest BCUT2D eigenvalue weighted by atomic mass is 16.5. The predicted molar refractivity (Wildman–Crippen MR) is 118 cm³/mol. The van der Waals surface area contributed by atoms with Crippen LogP contribution in [0, 0.1) is 6.92 Å². The van der Waals surface area contributed by atoms with Crippen molar-refractivity contribution in [2.24, 2.45) is 0 Å². The van der Waals surface area contributed by atoms with Gasteiger partial charge in [0.2, 0.25) is 0 Å². The number of imide groups is 1. The number of hydrogen-bond acceptors (Lipinski definition) is 7. The molecule has 2 unspecified atom stereocenters. The third-order valence-electron chi connectivity index (χ3n) is 5.43. The van der Waals surface area contributed by atoms with Gasteiger partial charge in [0.15, 0.2) is 6.61 Å². The van der Waals surface area contributed by atoms with Crippen LogP contribution in [-0.4, -0.2) is 55.5 Å². The number of amides is 3. The van der Waals surface area contributed by atoms with Crippen LogP contribution in [0.4, 0.5) is 0 Å². The average Bonchev–Trinajstić information content (AvgIpc) is 3.05. The number of nitrogens with zero attached hydrogens (tertiary/aromatic N) is 1. The summed E-state index contributed by atoms with van der Waals surface area (Å²) in [6.45, 7) is 4.38. The second-order valence-corrected chi connectivity index (χ2v) is 7.71. The summed E-state index contributed by atoms with van der Waals surface area (Å²) in [4.78, 5) is 51.0. The first-order chi connectivity index (χ1) is 15.7. The Morgan fingerprint density at radius 2 is 1.67 bits per heavy atom. The number of benzene rings is 2. The summed E-state index contributed by atoms with van der Waals surface area (Å²) in [6, 6.07) is 8.45. The van der Waals surface area contributed by atoms with E-state index in [1.165, 1.54) is 21.1 Å². The monoisotopic (exact) mass is 454 g/mol. The number of carbonyl (C=O) groups excluding carboxylic acids is 4. The molecule has 0 radical (unpaired) electrons. The zero-order valence-corrected chi connectivity index (χ0v) is 19.1. The molecular formula is C24H26N2O7. The zero-order chi connectivity index (χ0) is 24.3. The van der Waals surface area contributed by atoms with Crippen LogP contribution in [0.25, 0.3) is 0 Å². The molecule has 0 fully saturated rings. The molecule has 2 aromatic carbocycles. The molecule has 0 spiro atoms. The van der Waals surface area contributed by atoms with Gasteiger partial charge in [-0.05, 0) is 51.1 Å². The molecule has 0 bridgehead atoms. The fraction of sp³-hybridized carbons (Fsp3) is 0.333. The van der Waals surface area contributed by atoms with Gasteiger partial charge in [-0.3, -0.25) is 19.3 Å². The number of ether oxygens (including phenoxy) is 3. The third-order valence-corrected chi connectivity index (χ3v) is 5.43. The molecule has 2 aromatic rings. The first kappa shape index (κ1) is 23.8. The van der Waals surface area contributed by atoms with Crippen LogP contribution in [0.3, 0.4) is 0 Å². The molecular weight excluding hydrogens is 428 g/mol. The average molecular weight is 454 g/mol. The van der Waals surface area contributed by atoms with E-state index in [1.54, 1.807) is 50.2 Å². The summed E-state index contributed by atoms with van der Waals surface area (Å²) < 4.78 is 15.6. The van der Waals surface area contributed by atoms with Crippen molar-refractivity contribution in [3.8, 4) is 11.5 Å². The summed E-state index contributed by atoms with van der Waals surface area (Å²) in [6.07, 6.45) is 0. The van der Waals surface area contributed by atoms with E-state index >= 15 is 0 Å². The molecule has 1 heterocycles. The van der Waals surface area contributed by atoms with Crippen LogP contribution in [-0.2, 0) is 14.3 Å². The molecule has 2 atom stereocenters. The van der Waals surface area contributed by atoms with Crippen LogP contribution >= 0.6 is 0 Å². The van der Waals surface area contributed by atoms with Gasteiger partial charge in [0.1, 0.15) is 17.5 Å². The Morgan fingerprint density at radius 3 is 2.33 bits per heavy atom. The first-order valence-corrected chi connectivity index (χ1v) is 10.3. The quantitative estimate of drug-likeness (QED) is 0.482. The van der Waals surface area contributed by atoms with Gasteiger partial charge in [-0.1, -0.05) is 11.6 Å². The minimum Gasteiger partial charge on any atom is -0.497 e. The number of fused-ring (bicyclic) bond motifs is 1. The summed E-state index contributed by atoms with van der Waals surface area (Å²) in [7, 11) is 3.05. The second-order valence-electron chi connectivity index (χ2n) is 7.71. The maximum Gasteiger partial charge on any atom is 0.329 e. The van der Waals surface area contributed by atoms with E-state index in [4.69, 9.17) is 14.2 Å². The smallest absolute Gasteiger partial charge is 0.329 e. The minimum absolute atomic E-state index is 0.240. The molecule has 0 aromatic heterocycles. The van der Waals surface area contributed by atoms with Crippen LogP contribution in [0.15, 0.2) is 36.4 Å². The van der Waals surface area contributed by atoms with E-state index in [-0.39, 0.29) is 11.1 Å². The van der Waals surface area contributed by atoms with Gasteiger partial charge in [-0.15, -0.1) is 0 Å². The number of nitrogens with one attached hydrogen (secondary N) is 1. The van der Waals surface area contributed by atoms with Gasteiger partial charge < -0.3 is 19.5 Å². The number of carbonyl (C=O) groups is 4. The van der Waals surface area contributed by atoms with Crippen molar-refractivity contribution in [1.82, 2.24) is 10.2 Å². The standard InChI is InChI=1S/C24H26N2O7/c1-13-6-8-17-19(10-13)23(29)26(22(17)28)15(3)24(30)33-12-21(27)25-14(2)18-11-16(31-4)7-9-20(18)32-5/h6-11,14-15H,12H2,1-5H3,(H,25,27). The largest absolute Gasteiger partial charge is 0.497 e. The molecule has 3 amide bonds. The second kappa shape index (κ2) is 9.72. The summed E-state index contributed by atoms with van der Waals surface area (Å²) in [5, 5.41) is 2.72. The van der Waals surface area contributed by atoms with Crippen molar-refractivity contribution in [1.29, 1.82) is 0 Å². The van der Waals surface area contributed by atoms with Gasteiger partial charge in [-0.2, -0.15) is 0 Å². The highest BCUT2D eigenvalue weighted by Gasteiger charge is 2.41. The van der Waals surface area contributed by atoms with Crippen LogP contribution < -0.4 is 14.8 Å². The van der Waals surface area contributed by atoms with Gasteiger partial charge in [0.05, 0.1) is 31.4 Å². The Morgan fingerprint density at radius 1 is 0.970 bits per heavy atom. The SMILES string of the molecule is COc1ccc(OC)c(C(C)NC(=O)COC(=O)C(C)N2C(=O)c3ccc(C)cc3C2=O)c1. The molecule has 1 aliphatic rings. The van der Waals surface area contributed by atoms with Gasteiger partial charge in [0.25, 0.3) is 17.7 Å². The van der Waals surface area contributed by atoms with Crippen molar-refractivity contribution >= 4 is 23.7 Å². The fourth-order valence-corrected chi connectivity index (χ4v) is 3.63. The lowest BCUT2D eigenvalue weighted by atomic mass is 10.1. The lowest BCUT2D eigenvalue weighted by Crippen LogP contribution is -2.44. The lowest BCUT2D eigenvalue weighted by molar-refractivity contribution is -0.152. The molecule has 33 heavy (non-hydrogen) atoms. The number of methoxy groups -OCH3 is 2. The van der Waals surface area contributed by atoms with Crippen molar-refractivity contribution in [2.45, 2.75) is 32.9 Å². The fourth-order valence-electron chi connectivity index (χ4n) is 3.63. The van der Waals surface area contributed by atoms with Crippen LogP contribution in [0.1, 0.15) is 51.7 Å². The van der Waals surface area contributed by atoms with Crippen molar-refractivity contribution in [2.75, 3.05) is 20.8 Å². The van der Waals surface area contributed by atoms with Crippen molar-refractivity contribution < 1.29 is 33.4 Å². The van der Waals surface area contributed by atoms with Crippen LogP contribution in [0.5, 0.6) is 11.5 Å². The normalized spacial score (nSPS) is 14.4. The molecule has 1 aliphatic heterocycles. The van der Waals surface area contributed by atoms with Crippen molar-refractivity contribution in [3.05, 3.63) is 58.7 Å². The summed E-state index contributed by atoms with van der Waals surface area (Å²) >= 11 is 0. The molecule has 9 nitrogen and oxygen atoms in total. The molecule has 0 saturated carbocycles. The van der Waals surface area contributed by atoms with Gasteiger partial charge in [0, 0.05) is 5.56 Å². The zero-order valence-electron chi connectivity index (χ0n) is 19.1. The topological polar surface area (TPSA) is 111 Å². The van der Waals surface area contributed by atoms with Gasteiger partial charge in [-0.25, -0.2) is 4.79 Å². The van der Waals surface area contributed by atoms with E-state index in [2.05, 4.69) is 5.32 Å². The summed E-state index contributed by atoms with van der Waals surface area (Å²) in [5.74, 6) is -1.37. The lowest BCUT2D eigenvalue weighted by Gasteiger charge is -2.21.